The van der Waals surface area contributed by atoms with Crippen LogP contribution in [0.2, 0.25) is 0 Å². The highest BCUT2D eigenvalue weighted by Gasteiger charge is 2.44. The number of nitrogens with zero attached hydrogens (tertiary/aromatic N) is 5. The number of anilines is 1. The lowest BCUT2D eigenvalue weighted by atomic mass is 9.87. The molecule has 0 unspecified atom stereocenters. The van der Waals surface area contributed by atoms with Crippen LogP contribution in [0.25, 0.3) is 0 Å². The van der Waals surface area contributed by atoms with E-state index in [2.05, 4.69) is 37.9 Å². The third-order valence-corrected chi connectivity index (χ3v) is 5.46. The van der Waals surface area contributed by atoms with Crippen LogP contribution in [-0.4, -0.2) is 58.2 Å². The molecular weight excluding hydrogens is 314 g/mol. The van der Waals surface area contributed by atoms with Crippen molar-refractivity contribution in [2.45, 2.75) is 37.5 Å². The van der Waals surface area contributed by atoms with Crippen LogP contribution in [0.1, 0.15) is 25.0 Å². The van der Waals surface area contributed by atoms with E-state index in [1.54, 1.807) is 12.4 Å². The first-order valence-electron chi connectivity index (χ1n) is 9.00. The lowest BCUT2D eigenvalue weighted by Crippen LogP contribution is -2.45. The summed E-state index contributed by atoms with van der Waals surface area (Å²) >= 11 is 0. The molecule has 0 N–H and O–H groups in total. The number of aromatic nitrogens is 3. The Morgan fingerprint density at radius 3 is 2.60 bits per heavy atom. The smallest absolute Gasteiger partial charge is 0.225 e. The van der Waals surface area contributed by atoms with Gasteiger partial charge in [-0.25, -0.2) is 9.97 Å². The van der Waals surface area contributed by atoms with Crippen molar-refractivity contribution in [3.05, 3.63) is 48.5 Å². The molecule has 4 heterocycles. The summed E-state index contributed by atoms with van der Waals surface area (Å²) in [6.07, 6.45) is 8.65. The quantitative estimate of drug-likeness (QED) is 0.851. The average molecular weight is 339 g/mol. The Morgan fingerprint density at radius 1 is 1.12 bits per heavy atom. The van der Waals surface area contributed by atoms with Crippen molar-refractivity contribution >= 4 is 5.95 Å². The molecule has 4 rings (SSSR count). The maximum atomic E-state index is 6.31. The molecule has 2 aliphatic rings. The first-order valence-corrected chi connectivity index (χ1v) is 9.00. The van der Waals surface area contributed by atoms with Gasteiger partial charge in [0, 0.05) is 44.3 Å². The van der Waals surface area contributed by atoms with Crippen LogP contribution in [0.3, 0.4) is 0 Å². The Bertz CT molecular complexity index is 673. The SMILES string of the molecule is CN(Cc1ccccn1)[C@@H]1COC2(CCN(c3ncccn3)CC2)C1. The number of hydrogen-bond acceptors (Lipinski definition) is 6. The molecule has 132 valence electrons. The Hall–Kier alpha value is -2.05. The fourth-order valence-electron chi connectivity index (χ4n) is 3.90. The monoisotopic (exact) mass is 339 g/mol. The van der Waals surface area contributed by atoms with Gasteiger partial charge in [-0.1, -0.05) is 6.07 Å². The second-order valence-electron chi connectivity index (χ2n) is 7.12. The van der Waals surface area contributed by atoms with Crippen molar-refractivity contribution < 1.29 is 4.74 Å². The first-order chi connectivity index (χ1) is 12.2. The Kier molecular flexibility index (Phi) is 4.63. The van der Waals surface area contributed by atoms with Crippen molar-refractivity contribution in [2.24, 2.45) is 0 Å². The summed E-state index contributed by atoms with van der Waals surface area (Å²) < 4.78 is 6.31. The van der Waals surface area contributed by atoms with Gasteiger partial charge < -0.3 is 9.64 Å². The van der Waals surface area contributed by atoms with Crippen LogP contribution in [0.5, 0.6) is 0 Å². The minimum Gasteiger partial charge on any atom is -0.373 e. The van der Waals surface area contributed by atoms with Crippen LogP contribution < -0.4 is 4.90 Å². The van der Waals surface area contributed by atoms with Crippen molar-refractivity contribution in [2.75, 3.05) is 31.6 Å². The summed E-state index contributed by atoms with van der Waals surface area (Å²) in [4.78, 5) is 17.8. The maximum absolute atomic E-state index is 6.31. The number of piperidine rings is 1. The van der Waals surface area contributed by atoms with Crippen LogP contribution in [0.4, 0.5) is 5.95 Å². The second-order valence-corrected chi connectivity index (χ2v) is 7.12. The lowest BCUT2D eigenvalue weighted by Gasteiger charge is -2.38. The predicted molar refractivity (Wildman–Crippen MR) is 96.3 cm³/mol. The summed E-state index contributed by atoms with van der Waals surface area (Å²) in [5, 5.41) is 0. The topological polar surface area (TPSA) is 54.4 Å². The van der Waals surface area contributed by atoms with Crippen molar-refractivity contribution in [3.8, 4) is 0 Å². The molecule has 6 nitrogen and oxygen atoms in total. The van der Waals surface area contributed by atoms with Crippen LogP contribution in [0.15, 0.2) is 42.9 Å². The normalized spacial score (nSPS) is 22.6. The molecule has 2 aromatic heterocycles. The fourth-order valence-corrected chi connectivity index (χ4v) is 3.90. The van der Waals surface area contributed by atoms with Crippen LogP contribution >= 0.6 is 0 Å². The van der Waals surface area contributed by atoms with Gasteiger partial charge >= 0.3 is 0 Å². The largest absolute Gasteiger partial charge is 0.373 e. The molecule has 25 heavy (non-hydrogen) atoms. The molecule has 0 saturated carbocycles. The maximum Gasteiger partial charge on any atom is 0.225 e. The highest BCUT2D eigenvalue weighted by atomic mass is 16.5. The first kappa shape index (κ1) is 16.4. The minimum absolute atomic E-state index is 0.0221. The number of pyridine rings is 1. The molecule has 0 bridgehead atoms. The summed E-state index contributed by atoms with van der Waals surface area (Å²) in [6.45, 7) is 3.60. The van der Waals surface area contributed by atoms with Crippen molar-refractivity contribution in [1.82, 2.24) is 19.9 Å². The van der Waals surface area contributed by atoms with E-state index in [0.29, 0.717) is 6.04 Å². The number of ether oxygens (including phenoxy) is 1. The van der Waals surface area contributed by atoms with E-state index in [0.717, 1.165) is 57.1 Å². The van der Waals surface area contributed by atoms with Gasteiger partial charge in [0.15, 0.2) is 0 Å². The highest BCUT2D eigenvalue weighted by Crippen LogP contribution is 2.38. The van der Waals surface area contributed by atoms with Gasteiger partial charge in [-0.2, -0.15) is 0 Å². The third-order valence-electron chi connectivity index (χ3n) is 5.46. The van der Waals surface area contributed by atoms with E-state index in [1.165, 1.54) is 0 Å². The predicted octanol–water partition coefficient (Wildman–Crippen LogP) is 2.13. The molecule has 2 aromatic rings. The zero-order valence-corrected chi connectivity index (χ0v) is 14.7. The van der Waals surface area contributed by atoms with Gasteiger partial charge in [0.1, 0.15) is 0 Å². The molecule has 1 spiro atoms. The minimum atomic E-state index is 0.0221. The molecule has 0 aromatic carbocycles. The molecule has 6 heteroatoms. The summed E-state index contributed by atoms with van der Waals surface area (Å²) in [5.74, 6) is 0.833. The van der Waals surface area contributed by atoms with Crippen LogP contribution in [0, 0.1) is 0 Å². The van der Waals surface area contributed by atoms with Gasteiger partial charge in [-0.15, -0.1) is 0 Å². The Labute approximate surface area is 148 Å². The lowest BCUT2D eigenvalue weighted by molar-refractivity contribution is -0.0159. The van der Waals surface area contributed by atoms with Crippen LogP contribution in [-0.2, 0) is 11.3 Å². The van der Waals surface area contributed by atoms with E-state index >= 15 is 0 Å². The van der Waals surface area contributed by atoms with E-state index in [-0.39, 0.29) is 5.60 Å². The van der Waals surface area contributed by atoms with Crippen molar-refractivity contribution in [1.29, 1.82) is 0 Å². The van der Waals surface area contributed by atoms with Gasteiger partial charge in [-0.05, 0) is 44.5 Å². The zero-order valence-electron chi connectivity index (χ0n) is 14.7. The van der Waals surface area contributed by atoms with Gasteiger partial charge in [0.2, 0.25) is 5.95 Å². The summed E-state index contributed by atoms with van der Waals surface area (Å²) in [6, 6.07) is 8.41. The van der Waals surface area contributed by atoms with E-state index in [9.17, 15) is 0 Å². The van der Waals surface area contributed by atoms with Crippen molar-refractivity contribution in [3.63, 3.8) is 0 Å². The third kappa shape index (κ3) is 3.65. The van der Waals surface area contributed by atoms with E-state index < -0.39 is 0 Å². The molecule has 0 radical (unpaired) electrons. The molecule has 1 atom stereocenters. The molecule has 2 saturated heterocycles. The van der Waals surface area contributed by atoms with E-state index in [4.69, 9.17) is 4.74 Å². The Balaban J connectivity index is 1.33. The van der Waals surface area contributed by atoms with E-state index in [1.807, 2.05) is 24.4 Å². The number of rotatable bonds is 4. The molecule has 2 fully saturated rings. The highest BCUT2D eigenvalue weighted by molar-refractivity contribution is 5.29. The van der Waals surface area contributed by atoms with Gasteiger partial charge in [0.25, 0.3) is 0 Å². The summed E-state index contributed by atoms with van der Waals surface area (Å²) in [5.41, 5.74) is 1.14. The van der Waals surface area contributed by atoms with Gasteiger partial charge in [0.05, 0.1) is 17.9 Å². The van der Waals surface area contributed by atoms with Gasteiger partial charge in [-0.3, -0.25) is 9.88 Å². The molecular formula is C19H25N5O. The fraction of sp³-hybridized carbons (Fsp3) is 0.526. The molecule has 0 amide bonds. The summed E-state index contributed by atoms with van der Waals surface area (Å²) in [7, 11) is 2.18. The molecule has 2 aliphatic heterocycles. The molecule has 0 aliphatic carbocycles. The standard InChI is InChI=1S/C19H25N5O/c1-23(14-16-5-2-3-8-20-16)17-13-19(25-15-17)6-11-24(12-7-19)18-21-9-4-10-22-18/h2-5,8-10,17H,6-7,11-15H2,1H3/t17-/m0/s1. The number of hydrogen-bond donors (Lipinski definition) is 0. The Morgan fingerprint density at radius 2 is 1.88 bits per heavy atom. The zero-order chi connectivity index (χ0) is 17.1. The number of likely N-dealkylation sites (N-methyl/N-ethyl adjacent to an activating group) is 1. The average Bonchev–Trinajstić information content (AvgIpc) is 3.08. The second kappa shape index (κ2) is 7.06.